The van der Waals surface area contributed by atoms with E-state index in [1.165, 1.54) is 44.5 Å². The first-order valence-electron chi connectivity index (χ1n) is 6.67. The van der Waals surface area contributed by atoms with Crippen LogP contribution in [0.4, 0.5) is 0 Å². The highest BCUT2D eigenvalue weighted by molar-refractivity contribution is 7.09. The third kappa shape index (κ3) is 3.76. The molecular formula is C13H23N3S. The zero-order valence-corrected chi connectivity index (χ0v) is 11.5. The van der Waals surface area contributed by atoms with Crippen molar-refractivity contribution in [3.05, 3.63) is 16.1 Å². The van der Waals surface area contributed by atoms with Gasteiger partial charge in [0.05, 0.1) is 5.69 Å². The van der Waals surface area contributed by atoms with Crippen molar-refractivity contribution in [3.8, 4) is 0 Å². The summed E-state index contributed by atoms with van der Waals surface area (Å²) >= 11 is 1.69. The van der Waals surface area contributed by atoms with Gasteiger partial charge in [0.15, 0.2) is 0 Å². The van der Waals surface area contributed by atoms with Crippen molar-refractivity contribution in [2.75, 3.05) is 13.1 Å². The number of rotatable bonds is 4. The lowest BCUT2D eigenvalue weighted by atomic mass is 9.98. The normalized spacial score (nSPS) is 22.6. The molecule has 1 fully saturated rings. The molecule has 0 spiro atoms. The molecule has 1 aromatic heterocycles. The minimum atomic E-state index is 0.572. The van der Waals surface area contributed by atoms with Crippen molar-refractivity contribution in [1.29, 1.82) is 0 Å². The predicted octanol–water partition coefficient (Wildman–Crippen LogP) is 2.61. The third-order valence-electron chi connectivity index (χ3n) is 3.68. The Hall–Kier alpha value is -0.450. The highest BCUT2D eigenvalue weighted by atomic mass is 32.1. The molecule has 1 saturated heterocycles. The van der Waals surface area contributed by atoms with E-state index >= 15 is 0 Å². The van der Waals surface area contributed by atoms with Crippen LogP contribution < -0.4 is 5.73 Å². The number of likely N-dealkylation sites (tertiary alicyclic amines) is 1. The van der Waals surface area contributed by atoms with E-state index in [-0.39, 0.29) is 0 Å². The van der Waals surface area contributed by atoms with Crippen LogP contribution in [-0.2, 0) is 13.1 Å². The number of thiazole rings is 1. The highest BCUT2D eigenvalue weighted by Crippen LogP contribution is 2.21. The van der Waals surface area contributed by atoms with Gasteiger partial charge in [-0.05, 0) is 38.3 Å². The topological polar surface area (TPSA) is 42.1 Å². The standard InChI is InChI=1S/C13H23N3S/c1-2-11-4-3-6-16(7-5-11)9-12-10-17-13(8-14)15-12/h10-11H,2-9,14H2,1H3. The number of hydrogen-bond acceptors (Lipinski definition) is 4. The van der Waals surface area contributed by atoms with E-state index in [9.17, 15) is 0 Å². The van der Waals surface area contributed by atoms with Crippen LogP contribution in [0.3, 0.4) is 0 Å². The zero-order chi connectivity index (χ0) is 12.1. The molecule has 1 aliphatic rings. The molecule has 96 valence electrons. The summed E-state index contributed by atoms with van der Waals surface area (Å²) < 4.78 is 0. The van der Waals surface area contributed by atoms with Crippen molar-refractivity contribution in [1.82, 2.24) is 9.88 Å². The molecule has 3 nitrogen and oxygen atoms in total. The molecule has 1 atom stereocenters. The lowest BCUT2D eigenvalue weighted by Gasteiger charge is -2.18. The monoisotopic (exact) mass is 253 g/mol. The van der Waals surface area contributed by atoms with Gasteiger partial charge in [-0.1, -0.05) is 13.3 Å². The summed E-state index contributed by atoms with van der Waals surface area (Å²) in [5.41, 5.74) is 6.79. The quantitative estimate of drug-likeness (QED) is 0.897. The molecule has 0 aliphatic carbocycles. The Morgan fingerprint density at radius 2 is 2.35 bits per heavy atom. The van der Waals surface area contributed by atoms with Crippen LogP contribution >= 0.6 is 11.3 Å². The second kappa shape index (κ2) is 6.47. The maximum Gasteiger partial charge on any atom is 0.106 e. The number of nitrogens with two attached hydrogens (primary N) is 1. The molecule has 0 saturated carbocycles. The van der Waals surface area contributed by atoms with Gasteiger partial charge in [0, 0.05) is 18.5 Å². The van der Waals surface area contributed by atoms with E-state index in [4.69, 9.17) is 5.73 Å². The third-order valence-corrected chi connectivity index (χ3v) is 4.60. The second-order valence-electron chi connectivity index (χ2n) is 4.92. The van der Waals surface area contributed by atoms with Crippen LogP contribution in [-0.4, -0.2) is 23.0 Å². The maximum atomic E-state index is 5.59. The van der Waals surface area contributed by atoms with Gasteiger partial charge < -0.3 is 5.73 Å². The molecule has 2 N–H and O–H groups in total. The lowest BCUT2D eigenvalue weighted by molar-refractivity contribution is 0.269. The van der Waals surface area contributed by atoms with Crippen LogP contribution in [0.15, 0.2) is 5.38 Å². The molecule has 2 rings (SSSR count). The van der Waals surface area contributed by atoms with Crippen molar-refractivity contribution >= 4 is 11.3 Å². The molecule has 2 heterocycles. The van der Waals surface area contributed by atoms with E-state index in [0.29, 0.717) is 6.54 Å². The Kier molecular flexibility index (Phi) is 4.95. The fourth-order valence-corrected chi connectivity index (χ4v) is 3.20. The Bertz CT molecular complexity index is 337. The predicted molar refractivity (Wildman–Crippen MR) is 72.9 cm³/mol. The molecule has 0 amide bonds. The fraction of sp³-hybridized carbons (Fsp3) is 0.769. The van der Waals surface area contributed by atoms with E-state index in [0.717, 1.165) is 17.5 Å². The van der Waals surface area contributed by atoms with Gasteiger partial charge in [-0.25, -0.2) is 4.98 Å². The molecule has 1 aromatic rings. The zero-order valence-electron chi connectivity index (χ0n) is 10.7. The summed E-state index contributed by atoms with van der Waals surface area (Å²) in [7, 11) is 0. The first-order valence-corrected chi connectivity index (χ1v) is 7.55. The second-order valence-corrected chi connectivity index (χ2v) is 5.86. The summed E-state index contributed by atoms with van der Waals surface area (Å²) in [6, 6.07) is 0. The Labute approximate surface area is 108 Å². The van der Waals surface area contributed by atoms with Crippen LogP contribution in [0.5, 0.6) is 0 Å². The first-order chi connectivity index (χ1) is 8.31. The van der Waals surface area contributed by atoms with Crippen LogP contribution in [0.25, 0.3) is 0 Å². The number of hydrogen-bond donors (Lipinski definition) is 1. The van der Waals surface area contributed by atoms with Gasteiger partial charge in [-0.15, -0.1) is 11.3 Å². The fourth-order valence-electron chi connectivity index (χ4n) is 2.54. The Morgan fingerprint density at radius 1 is 1.47 bits per heavy atom. The van der Waals surface area contributed by atoms with E-state index in [1.54, 1.807) is 11.3 Å². The molecular weight excluding hydrogens is 230 g/mol. The van der Waals surface area contributed by atoms with E-state index < -0.39 is 0 Å². The summed E-state index contributed by atoms with van der Waals surface area (Å²) in [5.74, 6) is 0.940. The first kappa shape index (κ1) is 13.0. The highest BCUT2D eigenvalue weighted by Gasteiger charge is 2.16. The minimum Gasteiger partial charge on any atom is -0.325 e. The molecule has 0 aromatic carbocycles. The molecule has 1 aliphatic heterocycles. The summed E-state index contributed by atoms with van der Waals surface area (Å²) in [5, 5.41) is 3.21. The van der Waals surface area contributed by atoms with Gasteiger partial charge in [0.25, 0.3) is 0 Å². The van der Waals surface area contributed by atoms with Gasteiger partial charge in [0.2, 0.25) is 0 Å². The summed E-state index contributed by atoms with van der Waals surface area (Å²) in [6.45, 7) is 6.35. The van der Waals surface area contributed by atoms with Crippen LogP contribution in [0.1, 0.15) is 43.3 Å². The largest absolute Gasteiger partial charge is 0.325 e. The molecule has 4 heteroatoms. The Balaban J connectivity index is 1.86. The van der Waals surface area contributed by atoms with Crippen molar-refractivity contribution in [2.45, 2.75) is 45.7 Å². The maximum absolute atomic E-state index is 5.59. The molecule has 0 bridgehead atoms. The molecule has 1 unspecified atom stereocenters. The van der Waals surface area contributed by atoms with Crippen LogP contribution in [0.2, 0.25) is 0 Å². The van der Waals surface area contributed by atoms with Crippen molar-refractivity contribution < 1.29 is 0 Å². The molecule has 17 heavy (non-hydrogen) atoms. The average Bonchev–Trinajstić information content (AvgIpc) is 2.68. The lowest BCUT2D eigenvalue weighted by Crippen LogP contribution is -2.24. The van der Waals surface area contributed by atoms with Gasteiger partial charge in [-0.3, -0.25) is 4.90 Å². The minimum absolute atomic E-state index is 0.572. The Morgan fingerprint density at radius 3 is 3.06 bits per heavy atom. The summed E-state index contributed by atoms with van der Waals surface area (Å²) in [4.78, 5) is 7.09. The van der Waals surface area contributed by atoms with Crippen LogP contribution in [0, 0.1) is 5.92 Å². The van der Waals surface area contributed by atoms with Crippen molar-refractivity contribution in [2.24, 2.45) is 11.7 Å². The summed E-state index contributed by atoms with van der Waals surface area (Å²) in [6.07, 6.45) is 5.43. The number of aromatic nitrogens is 1. The number of nitrogens with zero attached hydrogens (tertiary/aromatic N) is 2. The van der Waals surface area contributed by atoms with Crippen molar-refractivity contribution in [3.63, 3.8) is 0 Å². The smallest absolute Gasteiger partial charge is 0.106 e. The van der Waals surface area contributed by atoms with Gasteiger partial charge in [-0.2, -0.15) is 0 Å². The van der Waals surface area contributed by atoms with Gasteiger partial charge >= 0.3 is 0 Å². The van der Waals surface area contributed by atoms with Gasteiger partial charge in [0.1, 0.15) is 5.01 Å². The van der Waals surface area contributed by atoms with E-state index in [1.807, 2.05) is 0 Å². The average molecular weight is 253 g/mol. The van der Waals surface area contributed by atoms with E-state index in [2.05, 4.69) is 22.2 Å². The SMILES string of the molecule is CCC1CCCN(Cc2csc(CN)n2)CC1. The molecule has 0 radical (unpaired) electrons.